The molecule has 0 aliphatic carbocycles. The Kier molecular flexibility index (Phi) is 5.35. The van der Waals surface area contributed by atoms with E-state index in [1.807, 2.05) is 6.92 Å². The average Bonchev–Trinajstić information content (AvgIpc) is 2.96. The quantitative estimate of drug-likeness (QED) is 0.838. The molecule has 0 bridgehead atoms. The molecule has 0 aliphatic rings. The summed E-state index contributed by atoms with van der Waals surface area (Å²) in [7, 11) is 1.56. The number of hydrogen-bond donors (Lipinski definition) is 1. The Hall–Kier alpha value is -1.86. The highest BCUT2D eigenvalue weighted by atomic mass is 35.5. The van der Waals surface area contributed by atoms with Crippen LogP contribution in [0, 0.1) is 0 Å². The second-order valence-corrected chi connectivity index (χ2v) is 4.70. The molecule has 0 unspecified atom stereocenters. The molecule has 0 atom stereocenters. The van der Waals surface area contributed by atoms with Crippen LogP contribution in [-0.4, -0.2) is 28.5 Å². The lowest BCUT2D eigenvalue weighted by Gasteiger charge is -2.08. The molecule has 0 saturated heterocycles. The van der Waals surface area contributed by atoms with Crippen molar-refractivity contribution in [2.45, 2.75) is 26.4 Å². The van der Waals surface area contributed by atoms with Gasteiger partial charge in [0.2, 0.25) is 5.89 Å². The Labute approximate surface area is 126 Å². The van der Waals surface area contributed by atoms with Crippen molar-refractivity contribution in [3.8, 4) is 0 Å². The maximum Gasteiger partial charge on any atom is 0.287 e. The van der Waals surface area contributed by atoms with Crippen LogP contribution in [0.25, 0.3) is 0 Å². The Morgan fingerprint density at radius 1 is 1.48 bits per heavy atom. The van der Waals surface area contributed by atoms with Gasteiger partial charge in [-0.2, -0.15) is 5.10 Å². The number of nitrogens with one attached hydrogen (secondary N) is 1. The number of anilines is 1. The monoisotopic (exact) mass is 312 g/mol. The lowest BCUT2D eigenvalue weighted by Crippen LogP contribution is -2.26. The highest BCUT2D eigenvalue weighted by Gasteiger charge is 2.10. The van der Waals surface area contributed by atoms with Crippen molar-refractivity contribution >= 4 is 17.3 Å². The van der Waals surface area contributed by atoms with Crippen molar-refractivity contribution < 1.29 is 9.15 Å². The Bertz CT molecular complexity index is 653. The number of aromatic nitrogens is 3. The molecule has 7 nitrogen and oxygen atoms in total. The number of hydrogen-bond acceptors (Lipinski definition) is 6. The molecule has 0 aromatic carbocycles. The molecule has 0 saturated carbocycles. The van der Waals surface area contributed by atoms with Crippen LogP contribution in [0.3, 0.4) is 0 Å². The van der Waals surface area contributed by atoms with Gasteiger partial charge in [-0.15, -0.1) is 0 Å². The van der Waals surface area contributed by atoms with Gasteiger partial charge in [0, 0.05) is 13.5 Å². The van der Waals surface area contributed by atoms with E-state index in [2.05, 4.69) is 15.4 Å². The fourth-order valence-electron chi connectivity index (χ4n) is 1.69. The van der Waals surface area contributed by atoms with Crippen LogP contribution >= 0.6 is 11.6 Å². The van der Waals surface area contributed by atoms with Crippen molar-refractivity contribution in [2.75, 3.05) is 19.0 Å². The van der Waals surface area contributed by atoms with E-state index < -0.39 is 0 Å². The van der Waals surface area contributed by atoms with Gasteiger partial charge in [-0.3, -0.25) is 4.79 Å². The zero-order chi connectivity index (χ0) is 15.2. The molecule has 114 valence electrons. The molecular weight excluding hydrogens is 296 g/mol. The smallest absolute Gasteiger partial charge is 0.287 e. The minimum atomic E-state index is -0.361. The van der Waals surface area contributed by atoms with E-state index in [0.29, 0.717) is 31.3 Å². The summed E-state index contributed by atoms with van der Waals surface area (Å²) in [5.74, 6) is 1.34. The van der Waals surface area contributed by atoms with Crippen LogP contribution in [0.2, 0.25) is 5.02 Å². The van der Waals surface area contributed by atoms with Crippen molar-refractivity contribution in [3.63, 3.8) is 0 Å². The van der Waals surface area contributed by atoms with Gasteiger partial charge in [0.15, 0.2) is 0 Å². The molecule has 2 heterocycles. The Morgan fingerprint density at radius 2 is 2.29 bits per heavy atom. The summed E-state index contributed by atoms with van der Waals surface area (Å²) in [6, 6.07) is 0. The van der Waals surface area contributed by atoms with Gasteiger partial charge in [0.1, 0.15) is 10.8 Å². The number of halogens is 1. The van der Waals surface area contributed by atoms with Crippen molar-refractivity contribution in [1.82, 2.24) is 14.8 Å². The van der Waals surface area contributed by atoms with Gasteiger partial charge in [-0.05, 0) is 0 Å². The number of aryl methyl sites for hydroxylation is 1. The standard InChI is InChI=1S/C13H17ClN4O3/c1-3-9-6-16-11(21-9)8-15-10-7-17-18(4-5-20-2)13(19)12(10)14/h6-7,15H,3-5,8H2,1-2H3. The highest BCUT2D eigenvalue weighted by Crippen LogP contribution is 2.16. The predicted molar refractivity (Wildman–Crippen MR) is 78.6 cm³/mol. The van der Waals surface area contributed by atoms with Crippen LogP contribution in [-0.2, 0) is 24.2 Å². The molecule has 2 rings (SSSR count). The Morgan fingerprint density at radius 3 is 2.95 bits per heavy atom. The second kappa shape index (κ2) is 7.24. The van der Waals surface area contributed by atoms with E-state index >= 15 is 0 Å². The van der Waals surface area contributed by atoms with E-state index in [4.69, 9.17) is 20.8 Å². The fourth-order valence-corrected chi connectivity index (χ4v) is 1.90. The number of oxazole rings is 1. The van der Waals surface area contributed by atoms with Gasteiger partial charge in [-0.1, -0.05) is 18.5 Å². The van der Waals surface area contributed by atoms with E-state index in [0.717, 1.165) is 12.2 Å². The zero-order valence-electron chi connectivity index (χ0n) is 11.9. The maximum absolute atomic E-state index is 12.0. The van der Waals surface area contributed by atoms with Gasteiger partial charge in [0.05, 0.1) is 37.8 Å². The third kappa shape index (κ3) is 3.83. The summed E-state index contributed by atoms with van der Waals surface area (Å²) < 4.78 is 11.6. The molecule has 1 N–H and O–H groups in total. The van der Waals surface area contributed by atoms with Crippen molar-refractivity contribution in [1.29, 1.82) is 0 Å². The fraction of sp³-hybridized carbons (Fsp3) is 0.462. The summed E-state index contributed by atoms with van der Waals surface area (Å²) in [6.45, 7) is 3.07. The lowest BCUT2D eigenvalue weighted by atomic mass is 10.4. The topological polar surface area (TPSA) is 82.2 Å². The van der Waals surface area contributed by atoms with Crippen molar-refractivity contribution in [2.24, 2.45) is 0 Å². The SMILES string of the molecule is CCc1cnc(CNc2cnn(CCOC)c(=O)c2Cl)o1. The van der Waals surface area contributed by atoms with Gasteiger partial charge < -0.3 is 14.5 Å². The molecule has 0 spiro atoms. The molecule has 2 aromatic heterocycles. The first kappa shape index (κ1) is 15.5. The highest BCUT2D eigenvalue weighted by molar-refractivity contribution is 6.32. The second-order valence-electron chi connectivity index (χ2n) is 4.32. The normalized spacial score (nSPS) is 10.8. The first-order chi connectivity index (χ1) is 10.2. The molecule has 21 heavy (non-hydrogen) atoms. The summed E-state index contributed by atoms with van der Waals surface area (Å²) in [6.07, 6.45) is 3.97. The molecule has 0 fully saturated rings. The maximum atomic E-state index is 12.0. The van der Waals surface area contributed by atoms with Gasteiger partial charge in [0.25, 0.3) is 5.56 Å². The molecule has 0 radical (unpaired) electrons. The summed E-state index contributed by atoms with van der Waals surface area (Å²) in [5, 5.41) is 7.12. The van der Waals surface area contributed by atoms with Gasteiger partial charge in [-0.25, -0.2) is 9.67 Å². The molecule has 0 amide bonds. The van der Waals surface area contributed by atoms with Crippen LogP contribution < -0.4 is 10.9 Å². The van der Waals surface area contributed by atoms with Crippen LogP contribution in [0.4, 0.5) is 5.69 Å². The van der Waals surface area contributed by atoms with Crippen LogP contribution in [0.15, 0.2) is 21.6 Å². The molecular formula is C13H17ClN4O3. The van der Waals surface area contributed by atoms with E-state index in [1.54, 1.807) is 13.3 Å². The zero-order valence-corrected chi connectivity index (χ0v) is 12.7. The van der Waals surface area contributed by atoms with Crippen LogP contribution in [0.5, 0.6) is 0 Å². The van der Waals surface area contributed by atoms with E-state index in [1.165, 1.54) is 10.9 Å². The average molecular weight is 313 g/mol. The number of nitrogens with zero attached hydrogens (tertiary/aromatic N) is 3. The summed E-state index contributed by atoms with van der Waals surface area (Å²) >= 11 is 6.05. The van der Waals surface area contributed by atoms with Gasteiger partial charge >= 0.3 is 0 Å². The number of ether oxygens (including phenoxy) is 1. The predicted octanol–water partition coefficient (Wildman–Crippen LogP) is 1.71. The molecule has 2 aromatic rings. The summed E-state index contributed by atoms with van der Waals surface area (Å²) in [4.78, 5) is 16.1. The number of methoxy groups -OCH3 is 1. The third-order valence-electron chi connectivity index (χ3n) is 2.87. The lowest BCUT2D eigenvalue weighted by molar-refractivity contribution is 0.182. The first-order valence-electron chi connectivity index (χ1n) is 6.57. The van der Waals surface area contributed by atoms with Crippen molar-refractivity contribution in [3.05, 3.63) is 39.4 Å². The third-order valence-corrected chi connectivity index (χ3v) is 3.24. The minimum absolute atomic E-state index is 0.0865. The first-order valence-corrected chi connectivity index (χ1v) is 6.95. The molecule has 8 heteroatoms. The van der Waals surface area contributed by atoms with Crippen LogP contribution in [0.1, 0.15) is 18.6 Å². The van der Waals surface area contributed by atoms with E-state index in [9.17, 15) is 4.79 Å². The number of rotatable bonds is 7. The minimum Gasteiger partial charge on any atom is -0.444 e. The molecule has 0 aliphatic heterocycles. The summed E-state index contributed by atoms with van der Waals surface area (Å²) in [5.41, 5.74) is 0.0898. The van der Waals surface area contributed by atoms with E-state index in [-0.39, 0.29) is 10.6 Å². The largest absolute Gasteiger partial charge is 0.444 e. The Balaban J connectivity index is 2.06.